The first-order valence-corrected chi connectivity index (χ1v) is 9.23. The highest BCUT2D eigenvalue weighted by molar-refractivity contribution is 8.18. The van der Waals surface area contributed by atoms with Gasteiger partial charge in [-0.25, -0.2) is 0 Å². The zero-order chi connectivity index (χ0) is 18.0. The van der Waals surface area contributed by atoms with E-state index in [-0.39, 0.29) is 18.0 Å². The summed E-state index contributed by atoms with van der Waals surface area (Å²) in [7, 11) is 0. The van der Waals surface area contributed by atoms with E-state index >= 15 is 0 Å². The van der Waals surface area contributed by atoms with Crippen molar-refractivity contribution >= 4 is 28.9 Å². The third-order valence-corrected chi connectivity index (χ3v) is 4.68. The lowest BCUT2D eigenvalue weighted by molar-refractivity contribution is -0.123. The Balaban J connectivity index is 1.89. The third kappa shape index (κ3) is 3.87. The van der Waals surface area contributed by atoms with Crippen LogP contribution in [0.4, 0.5) is 0 Å². The molecule has 1 fully saturated rings. The number of rotatable bonds is 4. The van der Waals surface area contributed by atoms with Crippen molar-refractivity contribution < 1.29 is 9.21 Å². The highest BCUT2D eigenvalue weighted by Gasteiger charge is 2.35. The molecule has 1 amide bonds. The topological polar surface area (TPSA) is 45.8 Å². The Morgan fingerprint density at radius 2 is 1.80 bits per heavy atom. The Labute approximate surface area is 152 Å². The van der Waals surface area contributed by atoms with Crippen LogP contribution in [0.2, 0.25) is 0 Å². The zero-order valence-electron chi connectivity index (χ0n) is 14.9. The van der Waals surface area contributed by atoms with Crippen molar-refractivity contribution in [2.24, 2.45) is 4.99 Å². The molecule has 0 radical (unpaired) electrons. The van der Waals surface area contributed by atoms with Gasteiger partial charge in [0.15, 0.2) is 5.17 Å². The summed E-state index contributed by atoms with van der Waals surface area (Å²) in [5, 5.41) is 0.760. The number of amidine groups is 1. The summed E-state index contributed by atoms with van der Waals surface area (Å²) in [6.45, 7) is 8.02. The van der Waals surface area contributed by atoms with Crippen molar-refractivity contribution in [3.63, 3.8) is 0 Å². The first-order chi connectivity index (χ1) is 12.0. The summed E-state index contributed by atoms with van der Waals surface area (Å²) in [5.41, 5.74) is 1.02. The van der Waals surface area contributed by atoms with Crippen molar-refractivity contribution in [3.05, 3.63) is 53.1 Å². The van der Waals surface area contributed by atoms with Crippen LogP contribution >= 0.6 is 11.8 Å². The molecule has 130 valence electrons. The smallest absolute Gasteiger partial charge is 0.267 e. The van der Waals surface area contributed by atoms with Gasteiger partial charge in [0.05, 0.1) is 4.91 Å². The number of carbonyl (C=O) groups is 1. The molecule has 3 rings (SSSR count). The van der Waals surface area contributed by atoms with Gasteiger partial charge in [-0.3, -0.25) is 14.7 Å². The van der Waals surface area contributed by atoms with Gasteiger partial charge in [-0.1, -0.05) is 30.3 Å². The van der Waals surface area contributed by atoms with Crippen LogP contribution in [0.3, 0.4) is 0 Å². The lowest BCUT2D eigenvalue weighted by Gasteiger charge is -2.20. The van der Waals surface area contributed by atoms with E-state index in [4.69, 9.17) is 4.42 Å². The Hall–Kier alpha value is -2.27. The van der Waals surface area contributed by atoms with Crippen molar-refractivity contribution in [2.45, 2.75) is 39.8 Å². The van der Waals surface area contributed by atoms with Crippen molar-refractivity contribution in [3.8, 4) is 11.3 Å². The molecule has 1 saturated heterocycles. The minimum absolute atomic E-state index is 0.0166. The molecule has 0 unspecified atom stereocenters. The average molecular weight is 354 g/mol. The van der Waals surface area contributed by atoms with Crippen LogP contribution in [0.25, 0.3) is 17.4 Å². The summed E-state index contributed by atoms with van der Waals surface area (Å²) in [5.74, 6) is 1.45. The van der Waals surface area contributed by atoms with Crippen LogP contribution in [-0.2, 0) is 4.79 Å². The molecular weight excluding hydrogens is 332 g/mol. The van der Waals surface area contributed by atoms with Crippen LogP contribution in [-0.4, -0.2) is 28.1 Å². The molecule has 4 nitrogen and oxygen atoms in total. The predicted molar refractivity (Wildman–Crippen MR) is 104 cm³/mol. The van der Waals surface area contributed by atoms with E-state index < -0.39 is 0 Å². The molecule has 25 heavy (non-hydrogen) atoms. The summed E-state index contributed by atoms with van der Waals surface area (Å²) in [4.78, 5) is 19.7. The number of furan rings is 1. The SMILES string of the molecule is CC(C)N=C1S/C(=C/c2ccc(-c3ccccc3)o2)C(=O)N1C(C)C. The fraction of sp³-hybridized carbons (Fsp3) is 0.300. The standard InChI is InChI=1S/C20H22N2O2S/c1-13(2)21-20-22(14(3)4)19(23)18(25-20)12-16-10-11-17(24-16)15-8-6-5-7-9-15/h5-14H,1-4H3/b18-12+,21-20?. The zero-order valence-corrected chi connectivity index (χ0v) is 15.7. The number of amides is 1. The molecule has 0 aliphatic carbocycles. The summed E-state index contributed by atoms with van der Waals surface area (Å²) in [6, 6.07) is 13.9. The monoisotopic (exact) mass is 354 g/mol. The molecule has 1 aliphatic heterocycles. The maximum atomic E-state index is 12.7. The molecule has 2 aromatic rings. The van der Waals surface area contributed by atoms with Crippen LogP contribution in [0.15, 0.2) is 56.8 Å². The number of nitrogens with zero attached hydrogens (tertiary/aromatic N) is 2. The molecule has 2 heterocycles. The summed E-state index contributed by atoms with van der Waals surface area (Å²) in [6.07, 6.45) is 1.80. The number of hydrogen-bond donors (Lipinski definition) is 0. The molecule has 1 aromatic heterocycles. The first-order valence-electron chi connectivity index (χ1n) is 8.42. The third-order valence-electron chi connectivity index (χ3n) is 3.68. The van der Waals surface area contributed by atoms with Gasteiger partial charge in [-0.15, -0.1) is 0 Å². The molecule has 0 bridgehead atoms. The molecule has 1 aromatic carbocycles. The van der Waals surface area contributed by atoms with Gasteiger partial charge in [-0.05, 0) is 51.6 Å². The van der Waals surface area contributed by atoms with E-state index in [9.17, 15) is 4.79 Å². The van der Waals surface area contributed by atoms with Crippen LogP contribution in [0, 0.1) is 0 Å². The second-order valence-electron chi connectivity index (χ2n) is 6.45. The number of benzene rings is 1. The second kappa shape index (κ2) is 7.31. The molecule has 0 N–H and O–H groups in total. The lowest BCUT2D eigenvalue weighted by Crippen LogP contribution is -2.35. The normalized spacial score (nSPS) is 18.3. The van der Waals surface area contributed by atoms with E-state index in [1.807, 2.05) is 70.2 Å². The minimum atomic E-state index is -0.0166. The highest BCUT2D eigenvalue weighted by atomic mass is 32.2. The quantitative estimate of drug-likeness (QED) is 0.723. The summed E-state index contributed by atoms with van der Waals surface area (Å²) < 4.78 is 5.89. The fourth-order valence-corrected chi connectivity index (χ4v) is 3.78. The van der Waals surface area contributed by atoms with Gasteiger partial charge in [-0.2, -0.15) is 0 Å². The summed E-state index contributed by atoms with van der Waals surface area (Å²) >= 11 is 1.41. The van der Waals surface area contributed by atoms with Gasteiger partial charge in [0.2, 0.25) is 0 Å². The van der Waals surface area contributed by atoms with Crippen LogP contribution in [0.5, 0.6) is 0 Å². The molecule has 5 heteroatoms. The Kier molecular flexibility index (Phi) is 5.13. The Morgan fingerprint density at radius 3 is 2.44 bits per heavy atom. The number of aliphatic imine (C=N–C) groups is 1. The maximum absolute atomic E-state index is 12.7. The predicted octanol–water partition coefficient (Wildman–Crippen LogP) is 5.04. The Morgan fingerprint density at radius 1 is 1.08 bits per heavy atom. The Bertz CT molecular complexity index is 819. The van der Waals surface area contributed by atoms with Gasteiger partial charge in [0.25, 0.3) is 5.91 Å². The van der Waals surface area contributed by atoms with Crippen molar-refractivity contribution in [1.29, 1.82) is 0 Å². The van der Waals surface area contributed by atoms with E-state index in [0.717, 1.165) is 16.5 Å². The van der Waals surface area contributed by atoms with Gasteiger partial charge in [0, 0.05) is 23.7 Å². The van der Waals surface area contributed by atoms with E-state index in [0.29, 0.717) is 10.7 Å². The molecule has 0 spiro atoms. The number of thioether (sulfide) groups is 1. The molecular formula is C20H22N2O2S. The fourth-order valence-electron chi connectivity index (χ4n) is 2.57. The highest BCUT2D eigenvalue weighted by Crippen LogP contribution is 2.35. The number of hydrogen-bond acceptors (Lipinski definition) is 4. The van der Waals surface area contributed by atoms with Crippen molar-refractivity contribution in [2.75, 3.05) is 0 Å². The van der Waals surface area contributed by atoms with Gasteiger partial charge in [0.1, 0.15) is 11.5 Å². The van der Waals surface area contributed by atoms with Crippen LogP contribution in [0.1, 0.15) is 33.5 Å². The first kappa shape index (κ1) is 17.5. The van der Waals surface area contributed by atoms with Crippen molar-refractivity contribution in [1.82, 2.24) is 4.90 Å². The average Bonchev–Trinajstić information content (AvgIpc) is 3.13. The van der Waals surface area contributed by atoms with Gasteiger partial charge < -0.3 is 4.42 Å². The number of carbonyl (C=O) groups excluding carboxylic acids is 1. The molecule has 0 atom stereocenters. The molecule has 1 aliphatic rings. The van der Waals surface area contributed by atoms with E-state index in [1.54, 1.807) is 11.0 Å². The van der Waals surface area contributed by atoms with E-state index in [1.165, 1.54) is 11.8 Å². The molecule has 0 saturated carbocycles. The minimum Gasteiger partial charge on any atom is -0.457 e. The van der Waals surface area contributed by atoms with E-state index in [2.05, 4.69) is 4.99 Å². The van der Waals surface area contributed by atoms with Gasteiger partial charge >= 0.3 is 0 Å². The maximum Gasteiger partial charge on any atom is 0.267 e. The second-order valence-corrected chi connectivity index (χ2v) is 7.46. The lowest BCUT2D eigenvalue weighted by atomic mass is 10.2. The largest absolute Gasteiger partial charge is 0.457 e. The van der Waals surface area contributed by atoms with Crippen LogP contribution < -0.4 is 0 Å².